The zero-order valence-electron chi connectivity index (χ0n) is 12.2. The fraction of sp³-hybridized carbons (Fsp3) is 0.333. The number of nitrogens with two attached hydrogens (primary N) is 1. The first-order valence-electron chi connectivity index (χ1n) is 6.77. The molecule has 1 atom stereocenters. The number of benzene rings is 1. The minimum Gasteiger partial charge on any atom is -0.497 e. The van der Waals surface area contributed by atoms with Gasteiger partial charge < -0.3 is 24.4 Å². The zero-order chi connectivity index (χ0) is 16.1. The average Bonchev–Trinajstić information content (AvgIpc) is 2.57. The standard InChI is InChI=1S/C15H18N2O5/c1-21-11-2-3-12-10(8-11)4-6-17(13(12)9-19)15(20)14(22-16)5-7-18/h2-3,5,8-9,13,18H,4,6-7,16H2,1H3/b14-5-. The highest BCUT2D eigenvalue weighted by Crippen LogP contribution is 2.31. The first-order chi connectivity index (χ1) is 10.7. The number of aliphatic hydroxyl groups is 1. The molecule has 1 aliphatic rings. The van der Waals surface area contributed by atoms with Crippen LogP contribution in [-0.4, -0.2) is 42.5 Å². The van der Waals surface area contributed by atoms with Crippen molar-refractivity contribution < 1.29 is 24.3 Å². The van der Waals surface area contributed by atoms with Gasteiger partial charge in [0.25, 0.3) is 5.91 Å². The van der Waals surface area contributed by atoms with Crippen LogP contribution in [0.3, 0.4) is 0 Å². The molecule has 118 valence electrons. The van der Waals surface area contributed by atoms with Crippen molar-refractivity contribution in [2.75, 3.05) is 20.3 Å². The molecule has 1 aromatic carbocycles. The Kier molecular flexibility index (Phi) is 5.13. The Morgan fingerprint density at radius 2 is 2.32 bits per heavy atom. The fourth-order valence-electron chi connectivity index (χ4n) is 2.55. The molecule has 7 heteroatoms. The molecule has 0 fully saturated rings. The Labute approximate surface area is 127 Å². The number of aldehydes is 1. The Morgan fingerprint density at radius 1 is 1.55 bits per heavy atom. The molecule has 22 heavy (non-hydrogen) atoms. The number of hydrogen-bond acceptors (Lipinski definition) is 6. The van der Waals surface area contributed by atoms with Crippen LogP contribution in [0.25, 0.3) is 0 Å². The van der Waals surface area contributed by atoms with Crippen LogP contribution in [0.2, 0.25) is 0 Å². The Hall–Kier alpha value is -2.38. The van der Waals surface area contributed by atoms with Crippen molar-refractivity contribution in [3.63, 3.8) is 0 Å². The normalized spacial score (nSPS) is 17.7. The second kappa shape index (κ2) is 7.06. The average molecular weight is 306 g/mol. The summed E-state index contributed by atoms with van der Waals surface area (Å²) in [5, 5.41) is 8.89. The summed E-state index contributed by atoms with van der Waals surface area (Å²) in [6.07, 6.45) is 2.45. The largest absolute Gasteiger partial charge is 0.497 e. The summed E-state index contributed by atoms with van der Waals surface area (Å²) in [6, 6.07) is 4.65. The number of ether oxygens (including phenoxy) is 1. The maximum atomic E-state index is 12.4. The van der Waals surface area contributed by atoms with E-state index in [1.165, 1.54) is 4.90 Å². The predicted octanol–water partition coefficient (Wildman–Crippen LogP) is 0.0864. The van der Waals surface area contributed by atoms with Crippen molar-refractivity contribution in [3.05, 3.63) is 41.2 Å². The summed E-state index contributed by atoms with van der Waals surface area (Å²) in [5.74, 6) is 5.04. The quantitative estimate of drug-likeness (QED) is 0.346. The van der Waals surface area contributed by atoms with Crippen molar-refractivity contribution in [2.24, 2.45) is 5.90 Å². The maximum Gasteiger partial charge on any atom is 0.292 e. The van der Waals surface area contributed by atoms with E-state index in [1.54, 1.807) is 19.2 Å². The van der Waals surface area contributed by atoms with Crippen LogP contribution in [0.4, 0.5) is 0 Å². The smallest absolute Gasteiger partial charge is 0.292 e. The van der Waals surface area contributed by atoms with Crippen LogP contribution in [0.1, 0.15) is 17.2 Å². The predicted molar refractivity (Wildman–Crippen MR) is 77.7 cm³/mol. The molecule has 1 aromatic rings. The van der Waals surface area contributed by atoms with Crippen LogP contribution in [-0.2, 0) is 20.8 Å². The van der Waals surface area contributed by atoms with Gasteiger partial charge in [-0.3, -0.25) is 4.79 Å². The minimum absolute atomic E-state index is 0.189. The van der Waals surface area contributed by atoms with Gasteiger partial charge in [-0.25, -0.2) is 0 Å². The lowest BCUT2D eigenvalue weighted by Crippen LogP contribution is -2.42. The van der Waals surface area contributed by atoms with Gasteiger partial charge >= 0.3 is 0 Å². The molecule has 1 unspecified atom stereocenters. The topological polar surface area (TPSA) is 102 Å². The van der Waals surface area contributed by atoms with Gasteiger partial charge in [-0.15, -0.1) is 0 Å². The van der Waals surface area contributed by atoms with Crippen molar-refractivity contribution >= 4 is 12.2 Å². The number of methoxy groups -OCH3 is 1. The summed E-state index contributed by atoms with van der Waals surface area (Å²) in [4.78, 5) is 29.7. The third-order valence-corrected chi connectivity index (χ3v) is 3.63. The molecule has 0 aromatic heterocycles. The van der Waals surface area contributed by atoms with Crippen molar-refractivity contribution in [1.29, 1.82) is 0 Å². The molecule has 0 bridgehead atoms. The van der Waals surface area contributed by atoms with E-state index in [0.29, 0.717) is 25.0 Å². The molecule has 0 radical (unpaired) electrons. The Balaban J connectivity index is 2.34. The first-order valence-corrected chi connectivity index (χ1v) is 6.77. The van der Waals surface area contributed by atoms with Crippen LogP contribution < -0.4 is 10.6 Å². The summed E-state index contributed by atoms with van der Waals surface area (Å²) < 4.78 is 5.17. The van der Waals surface area contributed by atoms with Crippen LogP contribution in [0, 0.1) is 0 Å². The molecule has 0 spiro atoms. The Bertz CT molecular complexity index is 600. The number of carbonyl (C=O) groups is 2. The summed E-state index contributed by atoms with van der Waals surface area (Å²) in [5.41, 5.74) is 1.71. The number of nitrogens with zero attached hydrogens (tertiary/aromatic N) is 1. The van der Waals surface area contributed by atoms with Crippen LogP contribution in [0.5, 0.6) is 5.75 Å². The molecule has 0 saturated heterocycles. The minimum atomic E-state index is -0.723. The molecule has 0 saturated carbocycles. The van der Waals surface area contributed by atoms with Crippen molar-refractivity contribution in [1.82, 2.24) is 4.90 Å². The number of rotatable bonds is 5. The van der Waals surface area contributed by atoms with E-state index in [4.69, 9.17) is 15.7 Å². The van der Waals surface area contributed by atoms with Gasteiger partial charge in [0.1, 0.15) is 18.1 Å². The fourth-order valence-corrected chi connectivity index (χ4v) is 2.55. The van der Waals surface area contributed by atoms with Gasteiger partial charge in [-0.2, -0.15) is 5.90 Å². The summed E-state index contributed by atoms with van der Waals surface area (Å²) in [6.45, 7) is -0.0415. The molecule has 1 amide bonds. The second-order valence-electron chi connectivity index (χ2n) is 4.76. The third kappa shape index (κ3) is 2.95. The van der Waals surface area contributed by atoms with Gasteiger partial charge in [0.05, 0.1) is 13.7 Å². The highest BCUT2D eigenvalue weighted by Gasteiger charge is 2.32. The summed E-state index contributed by atoms with van der Waals surface area (Å²) >= 11 is 0. The van der Waals surface area contributed by atoms with E-state index < -0.39 is 11.9 Å². The second-order valence-corrected chi connectivity index (χ2v) is 4.76. The van der Waals surface area contributed by atoms with Gasteiger partial charge in [0.2, 0.25) is 5.76 Å². The molecular formula is C15H18N2O5. The molecule has 7 nitrogen and oxygen atoms in total. The highest BCUT2D eigenvalue weighted by molar-refractivity contribution is 5.93. The summed E-state index contributed by atoms with van der Waals surface area (Å²) in [7, 11) is 1.57. The van der Waals surface area contributed by atoms with Gasteiger partial charge in [0, 0.05) is 6.54 Å². The number of carbonyl (C=O) groups excluding carboxylic acids is 2. The molecule has 3 N–H and O–H groups in total. The first kappa shape index (κ1) is 16.0. The highest BCUT2D eigenvalue weighted by atomic mass is 16.6. The van der Waals surface area contributed by atoms with E-state index in [1.807, 2.05) is 6.07 Å². The third-order valence-electron chi connectivity index (χ3n) is 3.63. The van der Waals surface area contributed by atoms with Crippen molar-refractivity contribution in [3.8, 4) is 5.75 Å². The maximum absolute atomic E-state index is 12.4. The van der Waals surface area contributed by atoms with Crippen molar-refractivity contribution in [2.45, 2.75) is 12.5 Å². The lowest BCUT2D eigenvalue weighted by Gasteiger charge is -2.34. The number of hydrogen-bond donors (Lipinski definition) is 2. The van der Waals surface area contributed by atoms with E-state index >= 15 is 0 Å². The molecule has 2 rings (SSSR count). The number of aliphatic hydroxyl groups excluding tert-OH is 1. The lowest BCUT2D eigenvalue weighted by molar-refractivity contribution is -0.136. The van der Waals surface area contributed by atoms with Crippen LogP contribution in [0.15, 0.2) is 30.0 Å². The van der Waals surface area contributed by atoms with Gasteiger partial charge in [-0.05, 0) is 35.8 Å². The van der Waals surface area contributed by atoms with Gasteiger partial charge in [-0.1, -0.05) is 6.07 Å². The molecule has 1 aliphatic heterocycles. The van der Waals surface area contributed by atoms with E-state index in [9.17, 15) is 9.59 Å². The lowest BCUT2D eigenvalue weighted by atomic mass is 9.93. The van der Waals surface area contributed by atoms with E-state index in [-0.39, 0.29) is 12.4 Å². The van der Waals surface area contributed by atoms with Crippen LogP contribution >= 0.6 is 0 Å². The van der Waals surface area contributed by atoms with E-state index in [0.717, 1.165) is 17.2 Å². The Morgan fingerprint density at radius 3 is 2.91 bits per heavy atom. The van der Waals surface area contributed by atoms with Gasteiger partial charge in [0.15, 0.2) is 0 Å². The number of amides is 1. The molecule has 0 aliphatic carbocycles. The SMILES string of the molecule is COc1ccc2c(c1)CCN(C(=O)/C(=C/CO)ON)C2C=O. The zero-order valence-corrected chi connectivity index (χ0v) is 12.2. The van der Waals surface area contributed by atoms with E-state index in [2.05, 4.69) is 4.84 Å². The number of fused-ring (bicyclic) bond motifs is 1. The molecule has 1 heterocycles. The molecular weight excluding hydrogens is 288 g/mol. The monoisotopic (exact) mass is 306 g/mol.